The van der Waals surface area contributed by atoms with Crippen molar-refractivity contribution in [3.8, 4) is 0 Å². The van der Waals surface area contributed by atoms with Crippen molar-refractivity contribution in [1.29, 1.82) is 0 Å². The molecule has 0 saturated heterocycles. The molecule has 0 spiro atoms. The Hall–Kier alpha value is -3.48. The molecule has 4 amide bonds. The van der Waals surface area contributed by atoms with E-state index in [-0.39, 0.29) is 31.6 Å². The largest absolute Gasteiger partial charge is 0.480 e. The highest BCUT2D eigenvalue weighted by Crippen LogP contribution is 2.07. The summed E-state index contributed by atoms with van der Waals surface area (Å²) in [6, 6.07) is -4.35. The van der Waals surface area contributed by atoms with Crippen LogP contribution in [0, 0.1) is 5.92 Å². The van der Waals surface area contributed by atoms with Crippen LogP contribution in [0.5, 0.6) is 0 Å². The first-order valence-corrected chi connectivity index (χ1v) is 10.6. The van der Waals surface area contributed by atoms with E-state index in [0.29, 0.717) is 5.69 Å². The zero-order valence-electron chi connectivity index (χ0n) is 19.0. The number of nitrogens with two attached hydrogens (primary N) is 2. The number of aliphatic carboxylic acids is 1. The van der Waals surface area contributed by atoms with Gasteiger partial charge in [-0.25, -0.2) is 9.78 Å². The number of carboxylic acid groups (broad SMARTS) is 1. The summed E-state index contributed by atoms with van der Waals surface area (Å²) in [7, 11) is 0. The van der Waals surface area contributed by atoms with E-state index in [1.165, 1.54) is 19.4 Å². The van der Waals surface area contributed by atoms with Crippen molar-refractivity contribution in [2.45, 2.75) is 70.6 Å². The van der Waals surface area contributed by atoms with Crippen LogP contribution in [0.15, 0.2) is 12.5 Å². The maximum atomic E-state index is 12.8. The lowest BCUT2D eigenvalue weighted by atomic mass is 10.0. The fraction of sp³-hybridized carbons (Fsp3) is 0.600. The normalized spacial score (nSPS) is 14.6. The number of carbonyl (C=O) groups is 5. The Kier molecular flexibility index (Phi) is 11.0. The number of H-pyrrole nitrogens is 1. The van der Waals surface area contributed by atoms with Crippen molar-refractivity contribution < 1.29 is 29.1 Å². The summed E-state index contributed by atoms with van der Waals surface area (Å²) in [4.78, 5) is 66.7. The van der Waals surface area contributed by atoms with Crippen LogP contribution in [0.2, 0.25) is 0 Å². The molecular weight excluding hydrogens is 434 g/mol. The van der Waals surface area contributed by atoms with Crippen molar-refractivity contribution in [2.24, 2.45) is 17.4 Å². The monoisotopic (exact) mass is 467 g/mol. The molecule has 0 fully saturated rings. The number of primary amides is 1. The lowest BCUT2D eigenvalue weighted by Gasteiger charge is -2.24. The predicted molar refractivity (Wildman–Crippen MR) is 117 cm³/mol. The molecule has 0 saturated carbocycles. The van der Waals surface area contributed by atoms with Crippen LogP contribution in [0.1, 0.15) is 45.7 Å². The summed E-state index contributed by atoms with van der Waals surface area (Å²) in [6.45, 7) is 5.05. The summed E-state index contributed by atoms with van der Waals surface area (Å²) >= 11 is 0. The maximum absolute atomic E-state index is 12.8. The number of hydrogen-bond acceptors (Lipinski definition) is 7. The molecule has 0 aromatic carbocycles. The molecule has 4 atom stereocenters. The second kappa shape index (κ2) is 13.2. The summed E-state index contributed by atoms with van der Waals surface area (Å²) in [6.07, 6.45) is 3.04. The number of carboxylic acids is 1. The number of imidazole rings is 1. The molecule has 1 rings (SSSR count). The lowest BCUT2D eigenvalue weighted by Crippen LogP contribution is -2.57. The predicted octanol–water partition coefficient (Wildman–Crippen LogP) is -1.85. The Balaban J connectivity index is 2.84. The van der Waals surface area contributed by atoms with Crippen LogP contribution in [-0.4, -0.2) is 68.8 Å². The summed E-state index contributed by atoms with van der Waals surface area (Å²) in [5, 5.41) is 16.8. The molecule has 184 valence electrons. The molecule has 1 aromatic rings. The number of hydrogen-bond donors (Lipinski definition) is 7. The molecule has 33 heavy (non-hydrogen) atoms. The Morgan fingerprint density at radius 2 is 1.67 bits per heavy atom. The third-order valence-corrected chi connectivity index (χ3v) is 4.72. The zero-order valence-corrected chi connectivity index (χ0v) is 19.0. The molecule has 0 radical (unpaired) electrons. The van der Waals surface area contributed by atoms with E-state index in [0.717, 1.165) is 0 Å². The van der Waals surface area contributed by atoms with E-state index in [1.54, 1.807) is 0 Å². The van der Waals surface area contributed by atoms with Gasteiger partial charge in [-0.2, -0.15) is 0 Å². The Bertz CT molecular complexity index is 827. The molecule has 1 heterocycles. The second-order valence-corrected chi connectivity index (χ2v) is 8.21. The first-order chi connectivity index (χ1) is 15.4. The van der Waals surface area contributed by atoms with Crippen molar-refractivity contribution in [2.75, 3.05) is 0 Å². The van der Waals surface area contributed by atoms with Gasteiger partial charge in [0.2, 0.25) is 23.6 Å². The number of carbonyl (C=O) groups excluding carboxylic acids is 4. The van der Waals surface area contributed by atoms with Gasteiger partial charge in [-0.05, 0) is 25.7 Å². The first-order valence-electron chi connectivity index (χ1n) is 10.6. The Morgan fingerprint density at radius 1 is 1.03 bits per heavy atom. The highest BCUT2D eigenvalue weighted by Gasteiger charge is 2.29. The zero-order chi connectivity index (χ0) is 25.1. The fourth-order valence-corrected chi connectivity index (χ4v) is 2.90. The molecule has 0 aliphatic rings. The highest BCUT2D eigenvalue weighted by atomic mass is 16.4. The molecule has 13 nitrogen and oxygen atoms in total. The third-order valence-electron chi connectivity index (χ3n) is 4.72. The van der Waals surface area contributed by atoms with E-state index < -0.39 is 53.8 Å². The number of nitrogens with zero attached hydrogens (tertiary/aromatic N) is 1. The van der Waals surface area contributed by atoms with Gasteiger partial charge in [0.25, 0.3) is 0 Å². The van der Waals surface area contributed by atoms with Gasteiger partial charge in [-0.15, -0.1) is 0 Å². The molecular formula is C20H33N7O6. The summed E-state index contributed by atoms with van der Waals surface area (Å²) in [5.74, 6) is -3.80. The van der Waals surface area contributed by atoms with Crippen LogP contribution in [-0.2, 0) is 30.4 Å². The maximum Gasteiger partial charge on any atom is 0.326 e. The lowest BCUT2D eigenvalue weighted by molar-refractivity contribution is -0.142. The number of aromatic nitrogens is 2. The highest BCUT2D eigenvalue weighted by molar-refractivity contribution is 5.94. The molecule has 0 aliphatic heterocycles. The second-order valence-electron chi connectivity index (χ2n) is 8.21. The van der Waals surface area contributed by atoms with Crippen molar-refractivity contribution in [3.63, 3.8) is 0 Å². The molecule has 1 aromatic heterocycles. The molecule has 9 N–H and O–H groups in total. The average Bonchev–Trinajstić information content (AvgIpc) is 3.23. The van der Waals surface area contributed by atoms with Gasteiger partial charge in [0.05, 0.1) is 12.4 Å². The van der Waals surface area contributed by atoms with Crippen LogP contribution < -0.4 is 27.4 Å². The quantitative estimate of drug-likeness (QED) is 0.164. The van der Waals surface area contributed by atoms with E-state index in [9.17, 15) is 29.1 Å². The number of aromatic amines is 1. The first kappa shape index (κ1) is 27.6. The fourth-order valence-electron chi connectivity index (χ4n) is 2.90. The van der Waals surface area contributed by atoms with E-state index >= 15 is 0 Å². The minimum Gasteiger partial charge on any atom is -0.480 e. The van der Waals surface area contributed by atoms with Crippen LogP contribution in [0.4, 0.5) is 0 Å². The standard InChI is InChI=1S/C20H33N7O6/c1-10(2)6-15(20(32)33)27-19(31)14(7-12-8-23-9-24-12)26-17(29)11(3)25-18(30)13(21)4-5-16(22)28/h8-11,13-15H,4-7,21H2,1-3H3,(H2,22,28)(H,23,24)(H,25,30)(H,26,29)(H,27,31)(H,32,33). The molecule has 4 unspecified atom stereocenters. The van der Waals surface area contributed by atoms with Crippen LogP contribution in [0.3, 0.4) is 0 Å². The van der Waals surface area contributed by atoms with Gasteiger partial charge in [-0.3, -0.25) is 19.2 Å². The number of nitrogens with one attached hydrogen (secondary N) is 4. The smallest absolute Gasteiger partial charge is 0.326 e. The third kappa shape index (κ3) is 10.1. The van der Waals surface area contributed by atoms with Crippen molar-refractivity contribution in [3.05, 3.63) is 18.2 Å². The van der Waals surface area contributed by atoms with Gasteiger partial charge >= 0.3 is 5.97 Å². The molecule has 0 aliphatic carbocycles. The van der Waals surface area contributed by atoms with Crippen molar-refractivity contribution in [1.82, 2.24) is 25.9 Å². The average molecular weight is 468 g/mol. The van der Waals surface area contributed by atoms with Crippen LogP contribution in [0.25, 0.3) is 0 Å². The summed E-state index contributed by atoms with van der Waals surface area (Å²) < 4.78 is 0. The molecule has 0 bridgehead atoms. The summed E-state index contributed by atoms with van der Waals surface area (Å²) in [5.41, 5.74) is 11.3. The van der Waals surface area contributed by atoms with Crippen LogP contribution >= 0.6 is 0 Å². The van der Waals surface area contributed by atoms with Gasteiger partial charge in [0.15, 0.2) is 0 Å². The van der Waals surface area contributed by atoms with E-state index in [1.807, 2.05) is 13.8 Å². The topological polar surface area (TPSA) is 222 Å². The minimum atomic E-state index is -1.19. The van der Waals surface area contributed by atoms with Gasteiger partial charge < -0.3 is 37.5 Å². The Labute approximate surface area is 191 Å². The van der Waals surface area contributed by atoms with Gasteiger partial charge in [0, 0.05) is 24.7 Å². The van der Waals surface area contributed by atoms with Gasteiger partial charge in [0.1, 0.15) is 18.1 Å². The van der Waals surface area contributed by atoms with E-state index in [4.69, 9.17) is 11.5 Å². The number of amides is 4. The minimum absolute atomic E-state index is 0.0149. The number of rotatable bonds is 14. The van der Waals surface area contributed by atoms with Crippen molar-refractivity contribution >= 4 is 29.6 Å². The Morgan fingerprint density at radius 3 is 2.18 bits per heavy atom. The van der Waals surface area contributed by atoms with Gasteiger partial charge in [-0.1, -0.05) is 13.8 Å². The molecule has 13 heteroatoms. The SMILES string of the molecule is CC(C)CC(NC(=O)C(Cc1cnc[nH]1)NC(=O)C(C)NC(=O)C(N)CCC(N)=O)C(=O)O. The van der Waals surface area contributed by atoms with E-state index in [2.05, 4.69) is 25.9 Å².